The van der Waals surface area contributed by atoms with Gasteiger partial charge in [0.15, 0.2) is 0 Å². The number of fused-ring (bicyclic) bond motifs is 1. The van der Waals surface area contributed by atoms with Crippen LogP contribution in [0.1, 0.15) is 23.7 Å². The first-order valence-corrected chi connectivity index (χ1v) is 8.75. The summed E-state index contributed by atoms with van der Waals surface area (Å²) < 4.78 is 21.2. The number of nitrogens with two attached hydrogens (primary N) is 1. The molecule has 0 bridgehead atoms. The molecule has 0 fully saturated rings. The molecule has 0 aliphatic rings. The number of carbonyl (C=O) groups is 1. The number of carbonyl (C=O) groups excluding carboxylic acids is 1. The van der Waals surface area contributed by atoms with Crippen molar-refractivity contribution in [1.29, 1.82) is 0 Å². The van der Waals surface area contributed by atoms with Crippen LogP contribution in [0.4, 0.5) is 4.39 Å². The molecule has 0 spiro atoms. The molecule has 1 aromatic heterocycles. The van der Waals surface area contributed by atoms with Crippen LogP contribution in [0, 0.1) is 12.7 Å². The molecule has 0 radical (unpaired) electrons. The molecule has 0 amide bonds. The first-order chi connectivity index (χ1) is 12.5. The number of ether oxygens (including phenoxy) is 1. The Morgan fingerprint density at radius 2 is 1.88 bits per heavy atom. The SMILES string of the molecule is CCOC(=O)C(N)Cc1c(C)n(Cc2ccccc2F)c2ccccc12. The van der Waals surface area contributed by atoms with Crippen molar-refractivity contribution in [3.05, 3.63) is 71.2 Å². The van der Waals surface area contributed by atoms with E-state index in [9.17, 15) is 9.18 Å². The Morgan fingerprint density at radius 1 is 1.19 bits per heavy atom. The summed E-state index contributed by atoms with van der Waals surface area (Å²) >= 11 is 0. The van der Waals surface area contributed by atoms with Gasteiger partial charge in [0.2, 0.25) is 0 Å². The fourth-order valence-corrected chi connectivity index (χ4v) is 3.31. The molecular formula is C21H23FN2O2. The largest absolute Gasteiger partial charge is 0.465 e. The third-order valence-corrected chi connectivity index (χ3v) is 4.66. The van der Waals surface area contributed by atoms with Crippen LogP contribution in [0.2, 0.25) is 0 Å². The van der Waals surface area contributed by atoms with Gasteiger partial charge in [0.05, 0.1) is 13.2 Å². The fraction of sp³-hybridized carbons (Fsp3) is 0.286. The molecule has 3 aromatic rings. The van der Waals surface area contributed by atoms with Crippen molar-refractivity contribution in [3.63, 3.8) is 0 Å². The second-order valence-electron chi connectivity index (χ2n) is 6.32. The predicted molar refractivity (Wildman–Crippen MR) is 100 cm³/mol. The lowest BCUT2D eigenvalue weighted by molar-refractivity contribution is -0.144. The number of halogens is 1. The van der Waals surface area contributed by atoms with E-state index in [-0.39, 0.29) is 5.82 Å². The molecule has 1 atom stereocenters. The lowest BCUT2D eigenvalue weighted by Crippen LogP contribution is -2.34. The van der Waals surface area contributed by atoms with Gasteiger partial charge in [-0.2, -0.15) is 0 Å². The van der Waals surface area contributed by atoms with Crippen LogP contribution in [0.15, 0.2) is 48.5 Å². The topological polar surface area (TPSA) is 57.2 Å². The van der Waals surface area contributed by atoms with Crippen LogP contribution < -0.4 is 5.73 Å². The van der Waals surface area contributed by atoms with E-state index in [1.807, 2.05) is 37.3 Å². The molecule has 0 aliphatic heterocycles. The molecule has 1 heterocycles. The van der Waals surface area contributed by atoms with Gasteiger partial charge in [-0.25, -0.2) is 4.39 Å². The second-order valence-corrected chi connectivity index (χ2v) is 6.32. The Balaban J connectivity index is 2.01. The molecule has 2 N–H and O–H groups in total. The highest BCUT2D eigenvalue weighted by atomic mass is 19.1. The van der Waals surface area contributed by atoms with Crippen LogP contribution in [0.3, 0.4) is 0 Å². The third kappa shape index (κ3) is 3.48. The Bertz CT molecular complexity index is 933. The average Bonchev–Trinajstić information content (AvgIpc) is 2.89. The summed E-state index contributed by atoms with van der Waals surface area (Å²) in [5.74, 6) is -0.632. The zero-order valence-corrected chi connectivity index (χ0v) is 15.0. The number of hydrogen-bond acceptors (Lipinski definition) is 3. The molecule has 0 saturated heterocycles. The summed E-state index contributed by atoms with van der Waals surface area (Å²) in [7, 11) is 0. The van der Waals surface area contributed by atoms with E-state index in [2.05, 4.69) is 4.57 Å². The van der Waals surface area contributed by atoms with Crippen molar-refractivity contribution >= 4 is 16.9 Å². The van der Waals surface area contributed by atoms with Gasteiger partial charge in [0.1, 0.15) is 11.9 Å². The number of nitrogens with zero attached hydrogens (tertiary/aromatic N) is 1. The summed E-state index contributed by atoms with van der Waals surface area (Å²) in [6.07, 6.45) is 0.384. The van der Waals surface area contributed by atoms with Crippen molar-refractivity contribution in [3.8, 4) is 0 Å². The quantitative estimate of drug-likeness (QED) is 0.689. The maximum absolute atomic E-state index is 14.1. The van der Waals surface area contributed by atoms with E-state index in [0.717, 1.165) is 22.2 Å². The summed E-state index contributed by atoms with van der Waals surface area (Å²) in [5, 5.41) is 1.03. The number of aromatic nitrogens is 1. The van der Waals surface area contributed by atoms with Crippen LogP contribution in [0.25, 0.3) is 10.9 Å². The van der Waals surface area contributed by atoms with E-state index < -0.39 is 12.0 Å². The Hall–Kier alpha value is -2.66. The minimum atomic E-state index is -0.721. The molecule has 0 saturated carbocycles. The molecule has 5 heteroatoms. The predicted octanol–water partition coefficient (Wildman–Crippen LogP) is 3.57. The maximum atomic E-state index is 14.1. The Labute approximate surface area is 152 Å². The van der Waals surface area contributed by atoms with Crippen LogP contribution in [-0.4, -0.2) is 23.2 Å². The standard InChI is InChI=1S/C21H23FN2O2/c1-3-26-21(25)19(23)12-17-14(2)24(20-11-7-5-9-16(17)20)13-15-8-4-6-10-18(15)22/h4-11,19H,3,12-13,23H2,1-2H3. The van der Waals surface area contributed by atoms with Gasteiger partial charge in [-0.15, -0.1) is 0 Å². The zero-order valence-electron chi connectivity index (χ0n) is 15.0. The maximum Gasteiger partial charge on any atom is 0.323 e. The normalized spacial score (nSPS) is 12.3. The van der Waals surface area contributed by atoms with E-state index >= 15 is 0 Å². The van der Waals surface area contributed by atoms with Crippen molar-refractivity contribution in [1.82, 2.24) is 4.57 Å². The molecule has 2 aromatic carbocycles. The highest BCUT2D eigenvalue weighted by Gasteiger charge is 2.21. The minimum absolute atomic E-state index is 0.227. The highest BCUT2D eigenvalue weighted by Crippen LogP contribution is 2.28. The van der Waals surface area contributed by atoms with E-state index in [0.29, 0.717) is 25.1 Å². The Morgan fingerprint density at radius 3 is 2.62 bits per heavy atom. The van der Waals surface area contributed by atoms with Gasteiger partial charge in [0, 0.05) is 28.6 Å². The number of benzene rings is 2. The number of hydrogen-bond donors (Lipinski definition) is 1. The van der Waals surface area contributed by atoms with Crippen molar-refractivity contribution in [2.24, 2.45) is 5.73 Å². The molecule has 136 valence electrons. The van der Waals surface area contributed by atoms with E-state index in [1.54, 1.807) is 19.1 Å². The fourth-order valence-electron chi connectivity index (χ4n) is 3.31. The molecule has 4 nitrogen and oxygen atoms in total. The molecule has 0 aliphatic carbocycles. The lowest BCUT2D eigenvalue weighted by atomic mass is 10.0. The molecule has 26 heavy (non-hydrogen) atoms. The van der Waals surface area contributed by atoms with Gasteiger partial charge < -0.3 is 15.0 Å². The van der Waals surface area contributed by atoms with Gasteiger partial charge in [-0.1, -0.05) is 36.4 Å². The van der Waals surface area contributed by atoms with Crippen molar-refractivity contribution in [2.75, 3.05) is 6.61 Å². The minimum Gasteiger partial charge on any atom is -0.465 e. The van der Waals surface area contributed by atoms with Gasteiger partial charge in [0.25, 0.3) is 0 Å². The van der Waals surface area contributed by atoms with Crippen molar-refractivity contribution in [2.45, 2.75) is 32.9 Å². The second kappa shape index (κ2) is 7.70. The first kappa shape index (κ1) is 18.1. The van der Waals surface area contributed by atoms with Gasteiger partial charge in [-0.05, 0) is 31.5 Å². The van der Waals surface area contributed by atoms with Gasteiger partial charge >= 0.3 is 5.97 Å². The molecule has 1 unspecified atom stereocenters. The number of esters is 1. The van der Waals surface area contributed by atoms with E-state index in [4.69, 9.17) is 10.5 Å². The monoisotopic (exact) mass is 354 g/mol. The Kier molecular flexibility index (Phi) is 5.38. The number of para-hydroxylation sites is 1. The third-order valence-electron chi connectivity index (χ3n) is 4.66. The van der Waals surface area contributed by atoms with Crippen LogP contribution in [0.5, 0.6) is 0 Å². The average molecular weight is 354 g/mol. The van der Waals surface area contributed by atoms with Crippen molar-refractivity contribution < 1.29 is 13.9 Å². The zero-order chi connectivity index (χ0) is 18.7. The highest BCUT2D eigenvalue weighted by molar-refractivity contribution is 5.87. The summed E-state index contributed by atoms with van der Waals surface area (Å²) in [6.45, 7) is 4.47. The summed E-state index contributed by atoms with van der Waals surface area (Å²) in [5.41, 5.74) is 9.64. The van der Waals surface area contributed by atoms with Crippen LogP contribution in [-0.2, 0) is 22.5 Å². The van der Waals surface area contributed by atoms with Crippen LogP contribution >= 0.6 is 0 Å². The van der Waals surface area contributed by atoms with E-state index in [1.165, 1.54) is 6.07 Å². The molecule has 3 rings (SSSR count). The van der Waals surface area contributed by atoms with Gasteiger partial charge in [-0.3, -0.25) is 4.79 Å². The summed E-state index contributed by atoms with van der Waals surface area (Å²) in [4.78, 5) is 11.9. The first-order valence-electron chi connectivity index (χ1n) is 8.75. The summed E-state index contributed by atoms with van der Waals surface area (Å²) in [6, 6.07) is 14.0. The lowest BCUT2D eigenvalue weighted by Gasteiger charge is -2.12. The molecular weight excluding hydrogens is 331 g/mol. The number of rotatable bonds is 6. The smallest absolute Gasteiger partial charge is 0.323 e.